The molecule has 0 aromatic heterocycles. The Morgan fingerprint density at radius 1 is 1.17 bits per heavy atom. The number of hydrogen-bond donors (Lipinski definition) is 2. The van der Waals surface area contributed by atoms with Crippen molar-refractivity contribution in [3.63, 3.8) is 0 Å². The minimum atomic E-state index is -0.892. The van der Waals surface area contributed by atoms with Crippen LogP contribution in [0.3, 0.4) is 0 Å². The monoisotopic (exact) mass is 329 g/mol. The lowest BCUT2D eigenvalue weighted by Gasteiger charge is -2.22. The molecule has 2 fully saturated rings. The van der Waals surface area contributed by atoms with Crippen molar-refractivity contribution in [1.29, 1.82) is 0 Å². The summed E-state index contributed by atoms with van der Waals surface area (Å²) in [6.07, 6.45) is 3.44. The fraction of sp³-hybridized carbons (Fsp3) is 0.600. The first-order valence-corrected chi connectivity index (χ1v) is 8.90. The Kier molecular flexibility index (Phi) is 4.41. The zero-order valence-electron chi connectivity index (χ0n) is 14.7. The van der Waals surface area contributed by atoms with Crippen LogP contribution in [0.5, 0.6) is 0 Å². The van der Waals surface area contributed by atoms with Gasteiger partial charge in [-0.1, -0.05) is 51.5 Å². The summed E-state index contributed by atoms with van der Waals surface area (Å²) in [7, 11) is 0. The minimum Gasteiger partial charge on any atom is -0.481 e. The molecule has 0 heterocycles. The lowest BCUT2D eigenvalue weighted by Crippen LogP contribution is -2.32. The first kappa shape index (κ1) is 17.0. The lowest BCUT2D eigenvalue weighted by atomic mass is 9.86. The van der Waals surface area contributed by atoms with Crippen molar-refractivity contribution < 1.29 is 14.7 Å². The Bertz CT molecular complexity index is 619. The summed E-state index contributed by atoms with van der Waals surface area (Å²) in [5.74, 6) is 0.341. The number of rotatable bonds is 5. The van der Waals surface area contributed by atoms with Gasteiger partial charge in [-0.25, -0.2) is 0 Å². The number of carboxylic acids is 1. The largest absolute Gasteiger partial charge is 0.481 e. The van der Waals surface area contributed by atoms with E-state index in [1.807, 2.05) is 24.3 Å². The van der Waals surface area contributed by atoms with E-state index < -0.39 is 12.0 Å². The first-order chi connectivity index (χ1) is 11.3. The molecule has 2 aliphatic carbocycles. The molecule has 0 aliphatic heterocycles. The molecule has 4 heteroatoms. The van der Waals surface area contributed by atoms with Crippen LogP contribution in [0, 0.1) is 17.8 Å². The molecule has 3 unspecified atom stereocenters. The maximum atomic E-state index is 12.5. The highest BCUT2D eigenvalue weighted by atomic mass is 16.4. The van der Waals surface area contributed by atoms with Gasteiger partial charge in [-0.3, -0.25) is 9.59 Å². The molecular formula is C20H27NO3. The van der Waals surface area contributed by atoms with Crippen LogP contribution in [0.4, 0.5) is 0 Å². The number of carboxylic acid groups (broad SMARTS) is 1. The Morgan fingerprint density at radius 3 is 2.25 bits per heavy atom. The predicted molar refractivity (Wildman–Crippen MR) is 92.6 cm³/mol. The third kappa shape index (κ3) is 3.47. The summed E-state index contributed by atoms with van der Waals surface area (Å²) in [4.78, 5) is 23.7. The summed E-state index contributed by atoms with van der Waals surface area (Å²) in [5.41, 5.74) is 2.11. The highest BCUT2D eigenvalue weighted by Crippen LogP contribution is 2.57. The van der Waals surface area contributed by atoms with Gasteiger partial charge >= 0.3 is 5.97 Å². The third-order valence-corrected chi connectivity index (χ3v) is 5.58. The number of amides is 1. The molecule has 24 heavy (non-hydrogen) atoms. The second-order valence-corrected chi connectivity index (χ2v) is 8.32. The summed E-state index contributed by atoms with van der Waals surface area (Å²) in [6.45, 7) is 6.43. The Balaban J connectivity index is 1.71. The Labute approximate surface area is 143 Å². The molecule has 0 saturated heterocycles. The third-order valence-electron chi connectivity index (χ3n) is 5.58. The zero-order valence-corrected chi connectivity index (χ0v) is 14.7. The average Bonchev–Trinajstić information content (AvgIpc) is 2.99. The minimum absolute atomic E-state index is 0.0378. The van der Waals surface area contributed by atoms with E-state index >= 15 is 0 Å². The van der Waals surface area contributed by atoms with Gasteiger partial charge in [0.1, 0.15) is 0 Å². The average molecular weight is 329 g/mol. The van der Waals surface area contributed by atoms with Crippen molar-refractivity contribution in [2.75, 3.05) is 0 Å². The fourth-order valence-electron chi connectivity index (χ4n) is 4.12. The van der Waals surface area contributed by atoms with Crippen LogP contribution in [0.2, 0.25) is 0 Å². The van der Waals surface area contributed by atoms with E-state index in [2.05, 4.69) is 26.1 Å². The summed E-state index contributed by atoms with van der Waals surface area (Å²) in [6, 6.07) is 7.50. The van der Waals surface area contributed by atoms with Gasteiger partial charge in [-0.2, -0.15) is 0 Å². The van der Waals surface area contributed by atoms with E-state index in [0.717, 1.165) is 18.4 Å². The molecule has 130 valence electrons. The van der Waals surface area contributed by atoms with Crippen molar-refractivity contribution in [2.24, 2.45) is 17.8 Å². The lowest BCUT2D eigenvalue weighted by molar-refractivity contribution is -0.137. The van der Waals surface area contributed by atoms with Gasteiger partial charge < -0.3 is 10.4 Å². The van der Waals surface area contributed by atoms with Gasteiger partial charge in [0, 0.05) is 5.92 Å². The number of carbonyl (C=O) groups is 2. The molecule has 2 N–H and O–H groups in total. The van der Waals surface area contributed by atoms with Gasteiger partial charge in [-0.15, -0.1) is 0 Å². The molecule has 2 aliphatic rings. The van der Waals surface area contributed by atoms with Gasteiger partial charge in [0.25, 0.3) is 0 Å². The van der Waals surface area contributed by atoms with Crippen molar-refractivity contribution in [3.8, 4) is 0 Å². The highest BCUT2D eigenvalue weighted by molar-refractivity contribution is 5.83. The van der Waals surface area contributed by atoms with Crippen molar-refractivity contribution in [2.45, 2.75) is 57.9 Å². The van der Waals surface area contributed by atoms with Crippen molar-refractivity contribution in [3.05, 3.63) is 35.4 Å². The van der Waals surface area contributed by atoms with E-state index in [0.29, 0.717) is 11.8 Å². The van der Waals surface area contributed by atoms with Crippen LogP contribution < -0.4 is 5.32 Å². The van der Waals surface area contributed by atoms with E-state index in [9.17, 15) is 14.7 Å². The van der Waals surface area contributed by atoms with Crippen LogP contribution in [-0.2, 0) is 15.0 Å². The van der Waals surface area contributed by atoms with Crippen molar-refractivity contribution in [1.82, 2.24) is 5.32 Å². The van der Waals surface area contributed by atoms with Gasteiger partial charge in [-0.05, 0) is 41.2 Å². The molecule has 1 amide bonds. The molecule has 3 rings (SSSR count). The first-order valence-electron chi connectivity index (χ1n) is 8.90. The molecule has 4 nitrogen and oxygen atoms in total. The molecule has 2 saturated carbocycles. The van der Waals surface area contributed by atoms with Crippen LogP contribution >= 0.6 is 0 Å². The molecule has 0 bridgehead atoms. The number of benzene rings is 1. The second-order valence-electron chi connectivity index (χ2n) is 8.32. The standard InChI is InChI=1S/C20H27NO3/c1-20(2,3)13-9-7-12(8-10-13)16(11-17(22)23)21-19(24)18-14-5-4-6-15(14)18/h7-10,14-16,18H,4-6,11H2,1-3H3,(H,21,24)(H,22,23). The topological polar surface area (TPSA) is 66.4 Å². The quantitative estimate of drug-likeness (QED) is 0.866. The zero-order chi connectivity index (χ0) is 17.5. The molecule has 0 spiro atoms. The predicted octanol–water partition coefficient (Wildman–Crippen LogP) is 3.66. The van der Waals surface area contributed by atoms with E-state index in [1.54, 1.807) is 0 Å². The Morgan fingerprint density at radius 2 is 1.75 bits per heavy atom. The van der Waals surface area contributed by atoms with Crippen LogP contribution in [0.15, 0.2) is 24.3 Å². The van der Waals surface area contributed by atoms with Crippen molar-refractivity contribution >= 4 is 11.9 Å². The number of aliphatic carboxylic acids is 1. The summed E-state index contributed by atoms with van der Waals surface area (Å²) in [5, 5.41) is 12.2. The fourth-order valence-corrected chi connectivity index (χ4v) is 4.12. The van der Waals surface area contributed by atoms with Gasteiger partial charge in [0.05, 0.1) is 12.5 Å². The molecular weight excluding hydrogens is 302 g/mol. The molecule has 1 aromatic carbocycles. The number of fused-ring (bicyclic) bond motifs is 1. The molecule has 1 aromatic rings. The summed E-state index contributed by atoms with van der Waals surface area (Å²) >= 11 is 0. The normalized spacial score (nSPS) is 26.5. The summed E-state index contributed by atoms with van der Waals surface area (Å²) < 4.78 is 0. The van der Waals surface area contributed by atoms with E-state index in [1.165, 1.54) is 12.0 Å². The second kappa shape index (κ2) is 6.23. The number of nitrogens with one attached hydrogen (secondary N) is 1. The highest BCUT2D eigenvalue weighted by Gasteiger charge is 2.56. The smallest absolute Gasteiger partial charge is 0.305 e. The van der Waals surface area contributed by atoms with Crippen LogP contribution in [0.1, 0.15) is 63.6 Å². The maximum Gasteiger partial charge on any atom is 0.305 e. The molecule has 0 radical (unpaired) electrons. The Hall–Kier alpha value is -1.84. The SMILES string of the molecule is CC(C)(C)c1ccc(C(CC(=O)O)NC(=O)C2C3CCCC32)cc1. The van der Waals surface area contributed by atoms with Gasteiger partial charge in [0.2, 0.25) is 5.91 Å². The van der Waals surface area contributed by atoms with E-state index in [-0.39, 0.29) is 23.7 Å². The maximum absolute atomic E-state index is 12.5. The molecule has 3 atom stereocenters. The number of hydrogen-bond acceptors (Lipinski definition) is 2. The van der Waals surface area contributed by atoms with Gasteiger partial charge in [0.15, 0.2) is 0 Å². The number of carbonyl (C=O) groups excluding carboxylic acids is 1. The van der Waals surface area contributed by atoms with E-state index in [4.69, 9.17) is 0 Å². The van der Waals surface area contributed by atoms with Crippen LogP contribution in [-0.4, -0.2) is 17.0 Å². The van der Waals surface area contributed by atoms with Crippen LogP contribution in [0.25, 0.3) is 0 Å².